The molecule has 0 amide bonds. The molecule has 2 aliphatic carbocycles. The van der Waals surface area contributed by atoms with Crippen molar-refractivity contribution < 1.29 is 25.2 Å². The summed E-state index contributed by atoms with van der Waals surface area (Å²) in [6.45, 7) is -0.433. The van der Waals surface area contributed by atoms with Gasteiger partial charge in [0.25, 0.3) is 0 Å². The third-order valence-corrected chi connectivity index (χ3v) is 7.54. The highest BCUT2D eigenvalue weighted by Gasteiger charge is 2.45. The highest BCUT2D eigenvalue weighted by atomic mass is 35.5. The summed E-state index contributed by atoms with van der Waals surface area (Å²) in [6, 6.07) is 10.7. The van der Waals surface area contributed by atoms with Crippen molar-refractivity contribution in [3.63, 3.8) is 0 Å². The summed E-state index contributed by atoms with van der Waals surface area (Å²) in [7, 11) is 0. The van der Waals surface area contributed by atoms with Crippen molar-refractivity contribution in [2.75, 3.05) is 6.61 Å². The maximum Gasteiger partial charge on any atom is 0.113 e. The number of benzene rings is 2. The first-order chi connectivity index (χ1) is 15.0. The van der Waals surface area contributed by atoms with Crippen LogP contribution in [0.5, 0.6) is 0 Å². The summed E-state index contributed by atoms with van der Waals surface area (Å²) < 4.78 is 5.88. The number of ether oxygens (including phenoxy) is 1. The summed E-state index contributed by atoms with van der Waals surface area (Å²) >= 11 is 6.82. The first kappa shape index (κ1) is 21.4. The van der Waals surface area contributed by atoms with Crippen LogP contribution >= 0.6 is 11.6 Å². The maximum absolute atomic E-state index is 10.7. The van der Waals surface area contributed by atoms with Gasteiger partial charge in [-0.3, -0.25) is 0 Å². The Morgan fingerprint density at radius 1 is 0.935 bits per heavy atom. The summed E-state index contributed by atoms with van der Waals surface area (Å²) in [5, 5.41) is 41.5. The lowest BCUT2D eigenvalue weighted by Crippen LogP contribution is -2.55. The minimum Gasteiger partial charge on any atom is -0.394 e. The molecule has 5 atom stereocenters. The topological polar surface area (TPSA) is 90.2 Å². The summed E-state index contributed by atoms with van der Waals surface area (Å²) in [6.07, 6.45) is 0.114. The monoisotopic (exact) mass is 444 g/mol. The summed E-state index contributed by atoms with van der Waals surface area (Å²) in [5.74, 6) is 0.718. The third-order valence-electron chi connectivity index (χ3n) is 7.06. The zero-order valence-corrected chi connectivity index (χ0v) is 18.1. The molecule has 1 aliphatic heterocycles. The van der Waals surface area contributed by atoms with E-state index < -0.39 is 37.1 Å². The average molecular weight is 445 g/mol. The molecule has 4 N–H and O–H groups in total. The Balaban J connectivity index is 1.50. The minimum atomic E-state index is -1.39. The van der Waals surface area contributed by atoms with Crippen molar-refractivity contribution in [2.45, 2.75) is 75.0 Å². The van der Waals surface area contributed by atoms with Crippen LogP contribution in [0.4, 0.5) is 0 Å². The van der Waals surface area contributed by atoms with Crippen LogP contribution in [0.1, 0.15) is 64.7 Å². The van der Waals surface area contributed by atoms with Crippen LogP contribution in [-0.4, -0.2) is 51.4 Å². The Bertz CT molecular complexity index is 953. The molecular weight excluding hydrogens is 416 g/mol. The highest BCUT2D eigenvalue weighted by molar-refractivity contribution is 6.32. The van der Waals surface area contributed by atoms with Gasteiger partial charge in [0, 0.05) is 5.02 Å². The number of hydrogen-bond donors (Lipinski definition) is 4. The molecule has 1 saturated heterocycles. The second-order valence-corrected chi connectivity index (χ2v) is 9.57. The largest absolute Gasteiger partial charge is 0.394 e. The van der Waals surface area contributed by atoms with Gasteiger partial charge in [-0.15, -0.1) is 0 Å². The Labute approximate surface area is 187 Å². The zero-order valence-electron chi connectivity index (χ0n) is 17.4. The second kappa shape index (κ2) is 8.47. The van der Waals surface area contributed by atoms with Crippen LogP contribution in [0, 0.1) is 0 Å². The zero-order chi connectivity index (χ0) is 21.7. The van der Waals surface area contributed by atoms with Crippen LogP contribution in [0.25, 0.3) is 0 Å². The molecule has 0 spiro atoms. The van der Waals surface area contributed by atoms with E-state index in [-0.39, 0.29) is 0 Å². The van der Waals surface area contributed by atoms with Crippen molar-refractivity contribution in [1.82, 2.24) is 0 Å². The van der Waals surface area contributed by atoms with E-state index in [1.807, 2.05) is 6.07 Å². The minimum absolute atomic E-state index is 0.433. The van der Waals surface area contributed by atoms with Gasteiger partial charge < -0.3 is 25.2 Å². The van der Waals surface area contributed by atoms with E-state index in [9.17, 15) is 20.4 Å². The molecule has 3 aliphatic rings. The highest BCUT2D eigenvalue weighted by Crippen LogP contribution is 2.43. The van der Waals surface area contributed by atoms with E-state index in [1.165, 1.54) is 24.0 Å². The van der Waals surface area contributed by atoms with Gasteiger partial charge in [0.05, 0.1) is 6.61 Å². The predicted molar refractivity (Wildman–Crippen MR) is 117 cm³/mol. The molecule has 6 heteroatoms. The Hall–Kier alpha value is -1.47. The molecule has 0 bridgehead atoms. The molecule has 0 radical (unpaired) electrons. The molecule has 5 rings (SSSR count). The normalized spacial score (nSPS) is 30.4. The standard InChI is InChI=1S/C25H29ClO5/c26-21-16(10-13-4-6-14(7-5-13)15-8-9-15)11-19(17-2-1-3-18(17)21)25-24(30)23(29)22(28)20(12-27)31-25/h4-7,11,15,20,22-25,27-30H,1-3,8-10,12H2/t20-,22-,23+,24-,25+/m1/s1. The number of aliphatic hydroxyl groups is 4. The first-order valence-corrected chi connectivity index (χ1v) is 11.6. The fourth-order valence-electron chi connectivity index (χ4n) is 5.12. The lowest BCUT2D eigenvalue weighted by Gasteiger charge is -2.41. The summed E-state index contributed by atoms with van der Waals surface area (Å²) in [5.41, 5.74) is 6.48. The second-order valence-electron chi connectivity index (χ2n) is 9.19. The van der Waals surface area contributed by atoms with Gasteiger partial charge in [0.2, 0.25) is 0 Å². The van der Waals surface area contributed by atoms with Crippen LogP contribution in [0.15, 0.2) is 30.3 Å². The molecule has 0 aromatic heterocycles. The molecule has 5 nitrogen and oxygen atoms in total. The van der Waals surface area contributed by atoms with Crippen molar-refractivity contribution in [2.24, 2.45) is 0 Å². The van der Waals surface area contributed by atoms with Gasteiger partial charge in [-0.05, 0) is 77.8 Å². The lowest BCUT2D eigenvalue weighted by atomic mass is 9.86. The molecule has 0 unspecified atom stereocenters. The fraction of sp³-hybridized carbons (Fsp3) is 0.520. The Kier molecular flexibility index (Phi) is 5.84. The Morgan fingerprint density at radius 3 is 2.32 bits per heavy atom. The number of fused-ring (bicyclic) bond motifs is 1. The van der Waals surface area contributed by atoms with Crippen LogP contribution in [-0.2, 0) is 24.0 Å². The molecule has 2 aromatic rings. The van der Waals surface area contributed by atoms with Crippen LogP contribution < -0.4 is 0 Å². The third kappa shape index (κ3) is 3.92. The SMILES string of the molecule is OC[C@H]1O[C@@H](c2cc(Cc3ccc(C4CC4)cc3)c(Cl)c3c2CCC3)[C@H](O)[C@@H](O)[C@@H]1O. The van der Waals surface area contributed by atoms with Crippen molar-refractivity contribution >= 4 is 11.6 Å². The number of hydrogen-bond acceptors (Lipinski definition) is 5. The fourth-order valence-corrected chi connectivity index (χ4v) is 5.45. The molecule has 2 aromatic carbocycles. The van der Waals surface area contributed by atoms with Gasteiger partial charge in [0.1, 0.15) is 30.5 Å². The van der Waals surface area contributed by atoms with E-state index in [0.717, 1.165) is 52.5 Å². The predicted octanol–water partition coefficient (Wildman–Crippen LogP) is 2.81. The maximum atomic E-state index is 10.7. The molecule has 31 heavy (non-hydrogen) atoms. The number of aliphatic hydroxyl groups excluding tert-OH is 4. The average Bonchev–Trinajstić information content (AvgIpc) is 3.51. The smallest absolute Gasteiger partial charge is 0.113 e. The van der Waals surface area contributed by atoms with Gasteiger partial charge >= 0.3 is 0 Å². The van der Waals surface area contributed by atoms with E-state index in [2.05, 4.69) is 24.3 Å². The van der Waals surface area contributed by atoms with Crippen molar-refractivity contribution in [1.29, 1.82) is 0 Å². The van der Waals surface area contributed by atoms with Crippen LogP contribution in [0.3, 0.4) is 0 Å². The van der Waals surface area contributed by atoms with E-state index in [4.69, 9.17) is 16.3 Å². The van der Waals surface area contributed by atoms with Gasteiger partial charge in [-0.2, -0.15) is 0 Å². The number of rotatable bonds is 5. The van der Waals surface area contributed by atoms with Gasteiger partial charge in [-0.25, -0.2) is 0 Å². The molecular formula is C25H29ClO5. The molecule has 1 saturated carbocycles. The number of halogens is 1. The van der Waals surface area contributed by atoms with Crippen molar-refractivity contribution in [3.8, 4) is 0 Å². The first-order valence-electron chi connectivity index (χ1n) is 11.2. The lowest BCUT2D eigenvalue weighted by molar-refractivity contribution is -0.231. The molecule has 1 heterocycles. The van der Waals surface area contributed by atoms with Gasteiger partial charge in [0.15, 0.2) is 0 Å². The molecule has 2 fully saturated rings. The van der Waals surface area contributed by atoms with Gasteiger partial charge in [-0.1, -0.05) is 41.9 Å². The Morgan fingerprint density at radius 2 is 1.65 bits per heavy atom. The van der Waals surface area contributed by atoms with E-state index in [1.54, 1.807) is 0 Å². The van der Waals surface area contributed by atoms with E-state index in [0.29, 0.717) is 6.42 Å². The van der Waals surface area contributed by atoms with Crippen LogP contribution in [0.2, 0.25) is 5.02 Å². The van der Waals surface area contributed by atoms with E-state index >= 15 is 0 Å². The van der Waals surface area contributed by atoms with Crippen molar-refractivity contribution in [3.05, 3.63) is 68.7 Å². The summed E-state index contributed by atoms with van der Waals surface area (Å²) in [4.78, 5) is 0. The quantitative estimate of drug-likeness (QED) is 0.569. The molecule has 166 valence electrons.